The van der Waals surface area contributed by atoms with Crippen molar-refractivity contribution in [3.63, 3.8) is 0 Å². The minimum Gasteiger partial charge on any atom is -0.389 e. The molecule has 2 N–H and O–H groups in total. The van der Waals surface area contributed by atoms with Crippen LogP contribution in [0.2, 0.25) is 0 Å². The third kappa shape index (κ3) is 1.47. The van der Waals surface area contributed by atoms with Crippen molar-refractivity contribution in [1.29, 1.82) is 0 Å². The van der Waals surface area contributed by atoms with Crippen molar-refractivity contribution in [2.45, 2.75) is 51.9 Å². The third-order valence-corrected chi connectivity index (χ3v) is 5.75. The molecule has 0 aromatic carbocycles. The van der Waals surface area contributed by atoms with E-state index in [1.807, 2.05) is 6.08 Å². The molecule has 2 aliphatic carbocycles. The molecule has 0 bridgehead atoms. The monoisotopic (exact) mass is 252 g/mol. The van der Waals surface area contributed by atoms with Crippen molar-refractivity contribution in [2.24, 2.45) is 23.2 Å². The first kappa shape index (κ1) is 12.6. The lowest BCUT2D eigenvalue weighted by Gasteiger charge is -2.54. The molecule has 0 aromatic rings. The van der Waals surface area contributed by atoms with Gasteiger partial charge in [-0.1, -0.05) is 32.4 Å². The van der Waals surface area contributed by atoms with E-state index in [9.17, 15) is 10.2 Å². The second-order valence-corrected chi connectivity index (χ2v) is 6.79. The zero-order valence-electron chi connectivity index (χ0n) is 11.5. The van der Waals surface area contributed by atoms with Gasteiger partial charge in [-0.05, 0) is 30.1 Å². The summed E-state index contributed by atoms with van der Waals surface area (Å²) >= 11 is 0. The topological polar surface area (TPSA) is 49.7 Å². The minimum atomic E-state index is -0.942. The van der Waals surface area contributed by atoms with E-state index >= 15 is 0 Å². The minimum absolute atomic E-state index is 0.0256. The molecule has 1 saturated carbocycles. The van der Waals surface area contributed by atoms with Crippen LogP contribution in [0, 0.1) is 23.2 Å². The maximum atomic E-state index is 10.8. The fourth-order valence-electron chi connectivity index (χ4n) is 4.77. The molecule has 3 heteroatoms. The molecule has 0 unspecified atom stereocenters. The van der Waals surface area contributed by atoms with Crippen LogP contribution in [0.5, 0.6) is 0 Å². The van der Waals surface area contributed by atoms with Crippen LogP contribution in [0.15, 0.2) is 11.6 Å². The second-order valence-electron chi connectivity index (χ2n) is 6.79. The van der Waals surface area contributed by atoms with Gasteiger partial charge < -0.3 is 14.9 Å². The summed E-state index contributed by atoms with van der Waals surface area (Å²) in [5, 5.41) is 20.7. The standard InChI is InChI=1S/C15H24O3/c1-9-8-18-15(17)5-4-11-7-12(16)6-10(2)14(11,3)13(9)15/h7,9-10,12-13,16-17H,4-6,8H2,1-3H3/t9-,10+,12+,13-,14-,15+/m1/s1. The molecule has 102 valence electrons. The number of aliphatic hydroxyl groups is 2. The summed E-state index contributed by atoms with van der Waals surface area (Å²) < 4.78 is 5.71. The van der Waals surface area contributed by atoms with Gasteiger partial charge >= 0.3 is 0 Å². The highest BCUT2D eigenvalue weighted by atomic mass is 16.6. The van der Waals surface area contributed by atoms with Crippen LogP contribution in [0.3, 0.4) is 0 Å². The van der Waals surface area contributed by atoms with Gasteiger partial charge in [-0.2, -0.15) is 0 Å². The van der Waals surface area contributed by atoms with E-state index < -0.39 is 5.79 Å². The van der Waals surface area contributed by atoms with E-state index in [-0.39, 0.29) is 17.4 Å². The molecule has 3 aliphatic rings. The fourth-order valence-corrected chi connectivity index (χ4v) is 4.77. The lowest BCUT2D eigenvalue weighted by atomic mass is 9.52. The Bertz CT molecular complexity index is 391. The lowest BCUT2D eigenvalue weighted by molar-refractivity contribution is -0.232. The summed E-state index contributed by atoms with van der Waals surface area (Å²) in [4.78, 5) is 0. The highest BCUT2D eigenvalue weighted by Gasteiger charge is 2.61. The van der Waals surface area contributed by atoms with E-state index in [0.717, 1.165) is 12.8 Å². The molecule has 0 radical (unpaired) electrons. The molecule has 0 spiro atoms. The molecule has 6 atom stereocenters. The van der Waals surface area contributed by atoms with E-state index in [1.54, 1.807) is 0 Å². The Kier molecular flexibility index (Phi) is 2.68. The highest BCUT2D eigenvalue weighted by molar-refractivity contribution is 5.27. The molecule has 1 heterocycles. The van der Waals surface area contributed by atoms with Gasteiger partial charge in [-0.15, -0.1) is 0 Å². The number of rotatable bonds is 0. The maximum absolute atomic E-state index is 10.8. The Morgan fingerprint density at radius 2 is 2.11 bits per heavy atom. The van der Waals surface area contributed by atoms with Crippen molar-refractivity contribution >= 4 is 0 Å². The smallest absolute Gasteiger partial charge is 0.169 e. The molecular formula is C15H24O3. The fraction of sp³-hybridized carbons (Fsp3) is 0.867. The number of fused-ring (bicyclic) bond motifs is 3. The average molecular weight is 252 g/mol. The molecule has 2 fully saturated rings. The van der Waals surface area contributed by atoms with Crippen molar-refractivity contribution in [1.82, 2.24) is 0 Å². The predicted molar refractivity (Wildman–Crippen MR) is 68.8 cm³/mol. The largest absolute Gasteiger partial charge is 0.389 e. The zero-order chi connectivity index (χ0) is 13.1. The van der Waals surface area contributed by atoms with E-state index in [2.05, 4.69) is 20.8 Å². The molecular weight excluding hydrogens is 228 g/mol. The number of aliphatic hydroxyl groups excluding tert-OH is 1. The van der Waals surface area contributed by atoms with Gasteiger partial charge in [-0.3, -0.25) is 0 Å². The maximum Gasteiger partial charge on any atom is 0.169 e. The molecule has 1 saturated heterocycles. The summed E-state index contributed by atoms with van der Waals surface area (Å²) in [7, 11) is 0. The van der Waals surface area contributed by atoms with Crippen LogP contribution in [0.4, 0.5) is 0 Å². The summed E-state index contributed by atoms with van der Waals surface area (Å²) in [6.07, 6.45) is 4.02. The van der Waals surface area contributed by atoms with Crippen molar-refractivity contribution in [3.8, 4) is 0 Å². The quantitative estimate of drug-likeness (QED) is 0.649. The van der Waals surface area contributed by atoms with Gasteiger partial charge in [-0.25, -0.2) is 0 Å². The van der Waals surface area contributed by atoms with Gasteiger partial charge in [0.2, 0.25) is 0 Å². The highest BCUT2D eigenvalue weighted by Crippen LogP contribution is 2.61. The van der Waals surface area contributed by atoms with Crippen LogP contribution in [-0.2, 0) is 4.74 Å². The Balaban J connectivity index is 2.08. The van der Waals surface area contributed by atoms with Crippen LogP contribution >= 0.6 is 0 Å². The summed E-state index contributed by atoms with van der Waals surface area (Å²) in [6.45, 7) is 7.29. The van der Waals surface area contributed by atoms with Gasteiger partial charge in [0.1, 0.15) is 0 Å². The van der Waals surface area contributed by atoms with Gasteiger partial charge in [0.05, 0.1) is 12.7 Å². The Hall–Kier alpha value is -0.380. The van der Waals surface area contributed by atoms with Gasteiger partial charge in [0, 0.05) is 12.3 Å². The SMILES string of the molecule is C[C@@H]1CO[C@@]2(O)CCC3=C[C@@H](O)C[C@H](C)[C@@]3(C)[C@@H]12. The third-order valence-electron chi connectivity index (χ3n) is 5.75. The molecule has 18 heavy (non-hydrogen) atoms. The number of allylic oxidation sites excluding steroid dienone is 1. The number of ether oxygens (including phenoxy) is 1. The molecule has 0 amide bonds. The molecule has 1 aliphatic heterocycles. The van der Waals surface area contributed by atoms with Crippen LogP contribution in [0.25, 0.3) is 0 Å². The first-order valence-electron chi connectivity index (χ1n) is 7.13. The van der Waals surface area contributed by atoms with Gasteiger partial charge in [0.15, 0.2) is 5.79 Å². The van der Waals surface area contributed by atoms with E-state index in [0.29, 0.717) is 24.9 Å². The average Bonchev–Trinajstić information content (AvgIpc) is 2.59. The van der Waals surface area contributed by atoms with Crippen molar-refractivity contribution in [2.75, 3.05) is 6.61 Å². The Morgan fingerprint density at radius 3 is 2.83 bits per heavy atom. The van der Waals surface area contributed by atoms with Crippen molar-refractivity contribution in [3.05, 3.63) is 11.6 Å². The lowest BCUT2D eigenvalue weighted by Crippen LogP contribution is -2.54. The molecule has 3 nitrogen and oxygen atoms in total. The van der Waals surface area contributed by atoms with Crippen LogP contribution in [0.1, 0.15) is 40.0 Å². The second kappa shape index (κ2) is 3.81. The van der Waals surface area contributed by atoms with E-state index in [1.165, 1.54) is 5.57 Å². The Labute approximate surface area is 109 Å². The normalized spacial score (nSPS) is 55.7. The van der Waals surface area contributed by atoms with E-state index in [4.69, 9.17) is 4.74 Å². The molecule has 3 rings (SSSR count). The summed E-state index contributed by atoms with van der Waals surface area (Å²) in [5.74, 6) is -0.0235. The zero-order valence-corrected chi connectivity index (χ0v) is 11.5. The molecule has 0 aromatic heterocycles. The Morgan fingerprint density at radius 1 is 1.39 bits per heavy atom. The predicted octanol–water partition coefficient (Wildman–Crippen LogP) is 2.08. The number of hydrogen-bond donors (Lipinski definition) is 2. The first-order chi connectivity index (χ1) is 8.38. The van der Waals surface area contributed by atoms with Crippen LogP contribution < -0.4 is 0 Å². The number of hydrogen-bond acceptors (Lipinski definition) is 3. The summed E-state index contributed by atoms with van der Waals surface area (Å²) in [6, 6.07) is 0. The first-order valence-corrected chi connectivity index (χ1v) is 7.13. The van der Waals surface area contributed by atoms with Gasteiger partial charge in [0.25, 0.3) is 0 Å². The van der Waals surface area contributed by atoms with Crippen LogP contribution in [-0.4, -0.2) is 28.7 Å². The van der Waals surface area contributed by atoms with Crippen molar-refractivity contribution < 1.29 is 14.9 Å². The summed E-state index contributed by atoms with van der Waals surface area (Å²) in [5.41, 5.74) is 1.31.